The van der Waals surface area contributed by atoms with Crippen LogP contribution in [0, 0.1) is 0 Å². The normalized spacial score (nSPS) is 12.9. The molecule has 1 fully saturated rings. The quantitative estimate of drug-likeness (QED) is 0.0423. The smallest absolute Gasteiger partial charge is 0.435 e. The van der Waals surface area contributed by atoms with E-state index in [9.17, 15) is 14.4 Å². The van der Waals surface area contributed by atoms with Gasteiger partial charge in [-0.1, -0.05) is 90.9 Å². The second kappa shape index (κ2) is 34.0. The van der Waals surface area contributed by atoms with Gasteiger partial charge in [0.15, 0.2) is 5.78 Å². The fourth-order valence-electron chi connectivity index (χ4n) is 7.26. The number of aromatic nitrogens is 7. The Morgan fingerprint density at radius 1 is 0.843 bits per heavy atom. The van der Waals surface area contributed by atoms with E-state index in [0.29, 0.717) is 33.8 Å². The summed E-state index contributed by atoms with van der Waals surface area (Å²) in [7, 11) is 0. The zero-order valence-electron chi connectivity index (χ0n) is 45.3. The molecule has 0 bridgehead atoms. The van der Waals surface area contributed by atoms with Crippen molar-refractivity contribution in [2.75, 3.05) is 43.5 Å². The number of ether oxygens (including phenoxy) is 2. The number of aliphatic imine (C=N–C) groups is 1. The van der Waals surface area contributed by atoms with Gasteiger partial charge in [-0.05, 0) is 165 Å². The van der Waals surface area contributed by atoms with Crippen molar-refractivity contribution in [2.45, 2.75) is 80.9 Å². The maximum atomic E-state index is 12.2. The van der Waals surface area contributed by atoms with Gasteiger partial charge in [-0.15, -0.1) is 11.3 Å². The predicted octanol–water partition coefficient (Wildman–Crippen LogP) is 15.9. The molecule has 23 heteroatoms. The van der Waals surface area contributed by atoms with E-state index in [-0.39, 0.29) is 31.2 Å². The Labute approximate surface area is 515 Å². The molecule has 0 aliphatic carbocycles. The highest BCUT2D eigenvalue weighted by Gasteiger charge is 2.20. The number of carbonyl (C=O) groups excluding carboxylic acids is 2. The van der Waals surface area contributed by atoms with Crippen LogP contribution in [0.25, 0.3) is 37.5 Å². The van der Waals surface area contributed by atoms with Crippen LogP contribution in [0.2, 0.25) is 10.6 Å². The number of carboxylic acid groups (broad SMARTS) is 1. The number of benzene rings is 4. The first-order valence-electron chi connectivity index (χ1n) is 25.6. The third kappa shape index (κ3) is 22.6. The van der Waals surface area contributed by atoms with Crippen molar-refractivity contribution in [2.24, 2.45) is 10.7 Å². The lowest BCUT2D eigenvalue weighted by Gasteiger charge is -2.19. The summed E-state index contributed by atoms with van der Waals surface area (Å²) < 4.78 is 14.5. The summed E-state index contributed by atoms with van der Waals surface area (Å²) >= 11 is 19.5. The number of carbonyl (C=O) groups is 3. The van der Waals surface area contributed by atoms with Crippen LogP contribution in [0.3, 0.4) is 0 Å². The number of hydrogen-bond donors (Lipinski definition) is 6. The molecule has 440 valence electrons. The third-order valence-electron chi connectivity index (χ3n) is 11.1. The Morgan fingerprint density at radius 3 is 2.01 bits per heavy atom. The number of anilines is 4. The van der Waals surface area contributed by atoms with Gasteiger partial charge in [-0.2, -0.15) is 9.78 Å². The zero-order valence-corrected chi connectivity index (χ0v) is 50.8. The second-order valence-electron chi connectivity index (χ2n) is 18.8. The maximum absolute atomic E-state index is 12.2. The molecule has 1 atom stereocenters. The molecule has 9 aromatic rings. The minimum atomic E-state index is -0.864. The number of nitrogens with one attached hydrogen (secondary N) is 4. The molecule has 0 amide bonds. The third-order valence-corrected chi connectivity index (χ3v) is 13.5. The summed E-state index contributed by atoms with van der Waals surface area (Å²) in [6.07, 6.45) is 10.6. The number of aromatic amines is 1. The van der Waals surface area contributed by atoms with Crippen molar-refractivity contribution in [3.8, 4) is 0 Å². The zero-order chi connectivity index (χ0) is 58.5. The van der Waals surface area contributed by atoms with Crippen molar-refractivity contribution in [3.05, 3.63) is 163 Å². The van der Waals surface area contributed by atoms with Gasteiger partial charge in [-0.25, -0.2) is 29.5 Å². The van der Waals surface area contributed by atoms with Gasteiger partial charge in [0.1, 0.15) is 22.1 Å². The minimum absolute atomic E-state index is 0. The Hall–Kier alpha value is -6.95. The molecular weight excluding hydrogens is 1250 g/mol. The van der Waals surface area contributed by atoms with Gasteiger partial charge in [0.2, 0.25) is 10.6 Å². The molecule has 4 aromatic carbocycles. The van der Waals surface area contributed by atoms with Crippen molar-refractivity contribution < 1.29 is 29.0 Å². The standard InChI is InChI=1S/C16H16ClN5O2.C14H11ClN4.C10H8BrNO.C9H5BrO2S.C5H13N.C4H9NO.2CH4/c1-16(2,3)24-15(23)22-12-5-4-11(8-10(12)9-19-22)20-13-6-7-18-14(17)21-13;15-14-17-8-6-13(19-14)18-12-3-1-10(2-4-12)11-5-7-16-9-11;1-6(13)9-4-7-2-3-8(11)5-10(7)12-9;10-6-2-1-5-3-8(9(11)12)13-7(5)4-6;1-3-5-6-4-2;5-4-1-2-6-3-4;;/h4-9H,1-3H3,(H,18,20,21);1-6,8-9H,7H2,(H,17,18,19);2-5,12H,1H3;1-4H,(H,11,12);6H,3-5H2,1-2H3;4H,1-3,5H2;2*1H4. The van der Waals surface area contributed by atoms with Crippen molar-refractivity contribution >= 4 is 151 Å². The fourth-order valence-corrected chi connectivity index (χ4v) is 9.37. The lowest BCUT2D eigenvalue weighted by molar-refractivity contribution is 0.0522. The van der Waals surface area contributed by atoms with Gasteiger partial charge in [0, 0.05) is 79.5 Å². The molecule has 5 aromatic heterocycles. The monoisotopic (exact) mass is 1310 g/mol. The molecule has 83 heavy (non-hydrogen) atoms. The molecule has 7 N–H and O–H groups in total. The first kappa shape index (κ1) is 68.5. The van der Waals surface area contributed by atoms with Crippen LogP contribution in [0.5, 0.6) is 0 Å². The second-order valence-corrected chi connectivity index (χ2v) is 22.4. The molecule has 1 unspecified atom stereocenters. The van der Waals surface area contributed by atoms with Crippen LogP contribution in [0.15, 0.2) is 142 Å². The Balaban J connectivity index is 0.000000226. The Morgan fingerprint density at radius 2 is 1.48 bits per heavy atom. The summed E-state index contributed by atoms with van der Waals surface area (Å²) in [5.74, 6) is 0.452. The number of carboxylic acids is 1. The molecule has 0 saturated carbocycles. The summed E-state index contributed by atoms with van der Waals surface area (Å²) in [6, 6.07) is 32.5. The SMILES string of the molecule is C.C.CC(=O)c1cc2ccc(Br)cc2[nH]1.CC(C)(C)OC(=O)n1ncc2cc(Nc3ccnc(Cl)n3)ccc21.CCCNCC.Clc1nccc(Nc2ccc(C3=CCN=C3)cc2)n1.NC1CCOC1.O=C(O)c1cc2ccc(Br)cc2s1. The number of Topliss-reactive ketones (excluding diaryl/α,β-unsaturated/α-hetero) is 1. The van der Waals surface area contributed by atoms with Gasteiger partial charge in [0.25, 0.3) is 0 Å². The number of nitrogens with zero attached hydrogens (tertiary/aromatic N) is 7. The van der Waals surface area contributed by atoms with Crippen LogP contribution in [0.1, 0.15) is 95.0 Å². The van der Waals surface area contributed by atoms with E-state index in [0.717, 1.165) is 97.1 Å². The lowest BCUT2D eigenvalue weighted by Crippen LogP contribution is -2.27. The number of nitrogens with two attached hydrogens (primary N) is 1. The van der Waals surface area contributed by atoms with E-state index in [1.54, 1.807) is 49.8 Å². The highest BCUT2D eigenvalue weighted by atomic mass is 79.9. The molecule has 2 aliphatic rings. The van der Waals surface area contributed by atoms with Crippen LogP contribution in [-0.4, -0.2) is 108 Å². The van der Waals surface area contributed by atoms with E-state index < -0.39 is 17.7 Å². The van der Waals surface area contributed by atoms with Gasteiger partial charge in [0.05, 0.1) is 30.6 Å². The van der Waals surface area contributed by atoms with Gasteiger partial charge < -0.3 is 41.2 Å². The summed E-state index contributed by atoms with van der Waals surface area (Å²) in [5.41, 5.74) is 11.2. The molecule has 1 saturated heterocycles. The van der Waals surface area contributed by atoms with Crippen LogP contribution in [0.4, 0.5) is 27.8 Å². The predicted molar refractivity (Wildman–Crippen MR) is 348 cm³/mol. The first-order valence-corrected chi connectivity index (χ1v) is 28.7. The molecular formula is C60H70Br2Cl2N12O6S. The first-order chi connectivity index (χ1) is 38.8. The van der Waals surface area contributed by atoms with E-state index >= 15 is 0 Å². The van der Waals surface area contributed by atoms with Crippen molar-refractivity contribution in [1.29, 1.82) is 0 Å². The topological polar surface area (TPSA) is 250 Å². The summed E-state index contributed by atoms with van der Waals surface area (Å²) in [5, 5.41) is 25.6. The summed E-state index contributed by atoms with van der Waals surface area (Å²) in [4.78, 5) is 57.3. The number of fused-ring (bicyclic) bond motifs is 3. The fraction of sp³-hybridized carbons (Fsp3) is 0.283. The van der Waals surface area contributed by atoms with Crippen LogP contribution < -0.4 is 21.7 Å². The van der Waals surface area contributed by atoms with Gasteiger partial charge in [-0.3, -0.25) is 9.79 Å². The Kier molecular flexibility index (Phi) is 28.1. The number of H-pyrrole nitrogens is 1. The minimum Gasteiger partial charge on any atom is -0.477 e. The van der Waals surface area contributed by atoms with E-state index in [4.69, 9.17) is 43.5 Å². The molecule has 18 nitrogen and oxygen atoms in total. The number of hydrogen-bond acceptors (Lipinski definition) is 16. The van der Waals surface area contributed by atoms with E-state index in [1.165, 1.54) is 22.4 Å². The maximum Gasteiger partial charge on any atom is 0.435 e. The number of rotatable bonds is 10. The van der Waals surface area contributed by atoms with Crippen LogP contribution >= 0.6 is 66.4 Å². The Bertz CT molecular complexity index is 3510. The van der Waals surface area contributed by atoms with E-state index in [1.807, 2.05) is 106 Å². The largest absolute Gasteiger partial charge is 0.477 e. The molecule has 0 spiro atoms. The summed E-state index contributed by atoms with van der Waals surface area (Å²) in [6.45, 7) is 15.9. The van der Waals surface area contributed by atoms with E-state index in [2.05, 4.69) is 103 Å². The molecule has 0 radical (unpaired) electrons. The van der Waals surface area contributed by atoms with Crippen LogP contribution in [-0.2, 0) is 9.47 Å². The van der Waals surface area contributed by atoms with Crippen molar-refractivity contribution in [3.63, 3.8) is 0 Å². The highest BCUT2D eigenvalue weighted by molar-refractivity contribution is 9.10. The van der Waals surface area contributed by atoms with Crippen molar-refractivity contribution in [1.82, 2.24) is 40.0 Å². The molecule has 7 heterocycles. The average molecular weight is 1320 g/mol. The lowest BCUT2D eigenvalue weighted by atomic mass is 10.1. The average Bonchev–Trinajstić information content (AvgIpc) is 4.47. The number of allylic oxidation sites excluding steroid dienone is 1. The molecule has 11 rings (SSSR count). The number of aromatic carboxylic acids is 1. The number of ketones is 1. The number of halogens is 4. The number of thiophene rings is 1. The molecule has 2 aliphatic heterocycles. The van der Waals surface area contributed by atoms with Gasteiger partial charge >= 0.3 is 12.1 Å². The highest BCUT2D eigenvalue weighted by Crippen LogP contribution is 2.29.